The Balaban J connectivity index is 1.22. The van der Waals surface area contributed by atoms with Crippen LogP contribution in [0.1, 0.15) is 105 Å². The summed E-state index contributed by atoms with van der Waals surface area (Å²) in [4.78, 5) is 33.0. The van der Waals surface area contributed by atoms with Crippen molar-refractivity contribution >= 4 is 12.3 Å². The molecule has 2 N–H and O–H groups in total. The van der Waals surface area contributed by atoms with Crippen molar-refractivity contribution in [1.29, 1.82) is 0 Å². The summed E-state index contributed by atoms with van der Waals surface area (Å²) in [6.45, 7) is 15.2. The van der Waals surface area contributed by atoms with Gasteiger partial charge in [0.05, 0.1) is 17.6 Å². The van der Waals surface area contributed by atoms with Crippen LogP contribution < -0.4 is 0 Å². The number of rotatable bonds is 12. The number of likely N-dealkylation sites (N-methyl/N-ethyl adjacent to an activating group) is 1. The van der Waals surface area contributed by atoms with E-state index in [4.69, 9.17) is 4.74 Å². The number of fused-ring (bicyclic) bond motifs is 2. The summed E-state index contributed by atoms with van der Waals surface area (Å²) < 4.78 is 7.50. The minimum Gasteiger partial charge on any atom is -0.481 e. The number of nitrogens with zero attached hydrogens (tertiary/aromatic N) is 2. The van der Waals surface area contributed by atoms with Gasteiger partial charge in [0.25, 0.3) is 0 Å². The van der Waals surface area contributed by atoms with Crippen LogP contribution in [0.3, 0.4) is 0 Å². The average Bonchev–Trinajstić information content (AvgIpc) is 3.80. The predicted octanol–water partition coefficient (Wildman–Crippen LogP) is 6.29. The molecule has 0 aromatic carbocycles. The van der Waals surface area contributed by atoms with E-state index in [0.717, 1.165) is 83.4 Å². The molecule has 7 rings (SSSR count). The molecule has 2 aliphatic heterocycles. The van der Waals surface area contributed by atoms with Crippen molar-refractivity contribution in [3.63, 3.8) is 0 Å². The number of carboxylic acid groups (broad SMARTS) is 1. The first kappa shape index (κ1) is 34.2. The van der Waals surface area contributed by atoms with Crippen LogP contribution >= 0.6 is 0 Å². The van der Waals surface area contributed by atoms with Gasteiger partial charge >= 0.3 is 5.97 Å². The molecule has 4 unspecified atom stereocenters. The number of likely N-dealkylation sites (tertiary alicyclic amines) is 1. The van der Waals surface area contributed by atoms with Gasteiger partial charge in [-0.25, -0.2) is 0 Å². The molecule has 47 heavy (non-hydrogen) atoms. The number of carboxylic acids is 1. The number of allylic oxidation sites excluding steroid dienone is 1. The molecular weight excluding hydrogens is 588 g/mol. The van der Waals surface area contributed by atoms with Crippen molar-refractivity contribution in [2.24, 2.45) is 63.6 Å². The molecule has 2 heterocycles. The molecule has 7 nitrogen and oxygen atoms in total. The molecule has 4 saturated carbocycles. The molecule has 7 aliphatic rings. The van der Waals surface area contributed by atoms with E-state index in [9.17, 15) is 19.8 Å². The number of carbonyl (C=O) groups is 2. The molecule has 7 heteroatoms. The zero-order valence-electron chi connectivity index (χ0n) is 29.9. The fraction of sp³-hybridized carbons (Fsp3) is 0.900. The van der Waals surface area contributed by atoms with Crippen molar-refractivity contribution in [2.45, 2.75) is 117 Å². The van der Waals surface area contributed by atoms with Gasteiger partial charge in [0.2, 0.25) is 0 Å². The standard InChI is InChI=1S/C40H64N2O5/c1-5-41(16-17-42-15-9-10-28(22-42)24-43)23-35-31(29-11-7-6-8-12-29)19-36(47-35)39-21-32-27(4)13-14-33(32)38(25-44)20-30(39)18-34(26(2)3)40(38,39)37(45)46/h18,25-33,35-36,43H,5-17,19-24H2,1-4H3,(H,45,46)/t27-,28?,30?,31+,32-,33-,35+,36-,38?,39?,40+/m1/s1. The minimum absolute atomic E-state index is 0.0904. The second-order valence-electron chi connectivity index (χ2n) is 17.7. The highest BCUT2D eigenvalue weighted by atomic mass is 16.5. The number of carbonyl (C=O) groups excluding carboxylic acids is 1. The van der Waals surface area contributed by atoms with Crippen LogP contribution in [0.15, 0.2) is 11.6 Å². The Hall–Kier alpha value is -1.28. The molecule has 264 valence electrons. The Bertz CT molecular complexity index is 1200. The van der Waals surface area contributed by atoms with Gasteiger partial charge in [-0.2, -0.15) is 0 Å². The highest BCUT2D eigenvalue weighted by Gasteiger charge is 2.86. The van der Waals surface area contributed by atoms with Gasteiger partial charge in [0.1, 0.15) is 11.7 Å². The van der Waals surface area contributed by atoms with Crippen molar-refractivity contribution < 1.29 is 24.5 Å². The largest absolute Gasteiger partial charge is 0.481 e. The van der Waals surface area contributed by atoms with Gasteiger partial charge in [-0.3, -0.25) is 9.69 Å². The number of aliphatic hydroxyl groups is 1. The lowest BCUT2D eigenvalue weighted by Crippen LogP contribution is -2.65. The summed E-state index contributed by atoms with van der Waals surface area (Å²) in [6, 6.07) is 0. The molecule has 0 spiro atoms. The minimum atomic E-state index is -1.16. The maximum absolute atomic E-state index is 14.2. The molecule has 4 bridgehead atoms. The number of hydrogen-bond donors (Lipinski definition) is 2. The fourth-order valence-electron chi connectivity index (χ4n) is 13.6. The topological polar surface area (TPSA) is 90.3 Å². The highest BCUT2D eigenvalue weighted by Crippen LogP contribution is 2.84. The molecule has 0 amide bonds. The predicted molar refractivity (Wildman–Crippen MR) is 184 cm³/mol. The van der Waals surface area contributed by atoms with Crippen LogP contribution in [0.2, 0.25) is 0 Å². The summed E-state index contributed by atoms with van der Waals surface area (Å²) in [7, 11) is 0. The van der Waals surface area contributed by atoms with Crippen LogP contribution in [0.25, 0.3) is 0 Å². The van der Waals surface area contributed by atoms with E-state index in [1.807, 2.05) is 0 Å². The van der Waals surface area contributed by atoms with E-state index in [0.29, 0.717) is 36.0 Å². The molecule has 0 radical (unpaired) electrons. The Morgan fingerprint density at radius 2 is 1.89 bits per heavy atom. The Morgan fingerprint density at radius 3 is 2.57 bits per heavy atom. The Labute approximate surface area is 284 Å². The molecule has 5 aliphatic carbocycles. The van der Waals surface area contributed by atoms with Gasteiger partial charge in [-0.1, -0.05) is 77.9 Å². The van der Waals surface area contributed by atoms with Crippen molar-refractivity contribution in [3.8, 4) is 0 Å². The number of piperidine rings is 1. The zero-order valence-corrected chi connectivity index (χ0v) is 29.9. The first-order chi connectivity index (χ1) is 22.7. The van der Waals surface area contributed by atoms with Crippen LogP contribution in [0.4, 0.5) is 0 Å². The fourth-order valence-corrected chi connectivity index (χ4v) is 13.6. The maximum Gasteiger partial charge on any atom is 0.315 e. The van der Waals surface area contributed by atoms with Gasteiger partial charge < -0.3 is 24.6 Å². The number of aldehydes is 1. The second kappa shape index (κ2) is 13.1. The smallest absolute Gasteiger partial charge is 0.315 e. The van der Waals surface area contributed by atoms with Crippen LogP contribution in [-0.2, 0) is 14.3 Å². The van der Waals surface area contributed by atoms with Crippen molar-refractivity contribution in [1.82, 2.24) is 9.80 Å². The second-order valence-corrected chi connectivity index (χ2v) is 17.7. The number of aliphatic hydroxyl groups excluding tert-OH is 1. The first-order valence-electron chi connectivity index (χ1n) is 19.8. The Morgan fingerprint density at radius 1 is 1.11 bits per heavy atom. The lowest BCUT2D eigenvalue weighted by Gasteiger charge is -2.60. The van der Waals surface area contributed by atoms with Crippen LogP contribution in [-0.4, -0.2) is 90.4 Å². The monoisotopic (exact) mass is 652 g/mol. The molecule has 0 aromatic rings. The van der Waals surface area contributed by atoms with Crippen LogP contribution in [0, 0.1) is 63.6 Å². The summed E-state index contributed by atoms with van der Waals surface area (Å²) in [5.41, 5.74) is -1.51. The van der Waals surface area contributed by atoms with E-state index in [1.165, 1.54) is 38.4 Å². The van der Waals surface area contributed by atoms with E-state index in [2.05, 4.69) is 43.6 Å². The van der Waals surface area contributed by atoms with Crippen molar-refractivity contribution in [2.75, 3.05) is 45.9 Å². The molecular formula is C40H64N2O5. The third-order valence-electron chi connectivity index (χ3n) is 15.6. The van der Waals surface area contributed by atoms with Gasteiger partial charge in [0.15, 0.2) is 0 Å². The summed E-state index contributed by atoms with van der Waals surface area (Å²) in [5, 5.41) is 21.4. The lowest BCUT2D eigenvalue weighted by atomic mass is 9.41. The number of ether oxygens (including phenoxy) is 1. The quantitative estimate of drug-likeness (QED) is 0.189. The van der Waals surface area contributed by atoms with Crippen molar-refractivity contribution in [3.05, 3.63) is 11.6 Å². The number of aliphatic carboxylic acids is 1. The summed E-state index contributed by atoms with van der Waals surface area (Å²) in [6.07, 6.45) is 16.8. The van der Waals surface area contributed by atoms with E-state index >= 15 is 0 Å². The van der Waals surface area contributed by atoms with E-state index < -0.39 is 22.2 Å². The van der Waals surface area contributed by atoms with E-state index in [1.54, 1.807) is 0 Å². The Kier molecular flexibility index (Phi) is 9.54. The lowest BCUT2D eigenvalue weighted by molar-refractivity contribution is -0.197. The van der Waals surface area contributed by atoms with E-state index in [-0.39, 0.29) is 36.6 Å². The highest BCUT2D eigenvalue weighted by molar-refractivity contribution is 5.90. The van der Waals surface area contributed by atoms with Gasteiger partial charge in [-0.05, 0) is 99.0 Å². The molecule has 6 fully saturated rings. The first-order valence-corrected chi connectivity index (χ1v) is 19.8. The summed E-state index contributed by atoms with van der Waals surface area (Å²) in [5.74, 6) is 1.99. The molecule has 0 aromatic heterocycles. The average molecular weight is 653 g/mol. The normalized spacial score (nSPS) is 45.1. The van der Waals surface area contributed by atoms with Crippen LogP contribution in [0.5, 0.6) is 0 Å². The summed E-state index contributed by atoms with van der Waals surface area (Å²) >= 11 is 0. The maximum atomic E-state index is 14.2. The SMILES string of the molecule is CCN(CCN1CCCC(CO)C1)C[C@@H]1O[C@@H](C23C[C@@H]4[C@H](C)CC[C@H]4C4(C=O)CC2C=C(C(C)C)[C@]43C(=O)O)C[C@H]1C1CCCCC1. The van der Waals surface area contributed by atoms with Gasteiger partial charge in [-0.15, -0.1) is 0 Å². The number of hydrogen-bond acceptors (Lipinski definition) is 6. The van der Waals surface area contributed by atoms with Gasteiger partial charge in [0, 0.05) is 38.2 Å². The third kappa shape index (κ3) is 5.00. The third-order valence-corrected chi connectivity index (χ3v) is 15.6. The molecule has 11 atom stereocenters. The zero-order chi connectivity index (χ0) is 33.1. The molecule has 2 saturated heterocycles.